The Hall–Kier alpha value is -1.79. The predicted molar refractivity (Wildman–Crippen MR) is 94.2 cm³/mol. The summed E-state index contributed by atoms with van der Waals surface area (Å²) in [5, 5.41) is 5.57. The van der Waals surface area contributed by atoms with Gasteiger partial charge in [0.25, 0.3) is 0 Å². The van der Waals surface area contributed by atoms with Gasteiger partial charge in [0.15, 0.2) is 0 Å². The molecule has 4 nitrogen and oxygen atoms in total. The Kier molecular flexibility index (Phi) is 6.03. The first-order valence-electron chi connectivity index (χ1n) is 6.59. The molecular weight excluding hydrogens is 364 g/mol. The topological polar surface area (TPSA) is 58.2 Å². The summed E-state index contributed by atoms with van der Waals surface area (Å²) in [6.45, 7) is 1.46. The first-order chi connectivity index (χ1) is 10.5. The van der Waals surface area contributed by atoms with Crippen molar-refractivity contribution in [1.82, 2.24) is 0 Å². The summed E-state index contributed by atoms with van der Waals surface area (Å²) in [6.07, 6.45) is 0. The van der Waals surface area contributed by atoms with Crippen LogP contribution < -0.4 is 10.6 Å². The van der Waals surface area contributed by atoms with Gasteiger partial charge in [-0.15, -0.1) is 11.8 Å². The Labute approximate surface area is 141 Å². The van der Waals surface area contributed by atoms with Crippen LogP contribution in [0.25, 0.3) is 0 Å². The van der Waals surface area contributed by atoms with E-state index >= 15 is 0 Å². The number of thioether (sulfide) groups is 1. The van der Waals surface area contributed by atoms with Gasteiger partial charge in [0.1, 0.15) is 0 Å². The van der Waals surface area contributed by atoms with E-state index in [4.69, 9.17) is 0 Å². The highest BCUT2D eigenvalue weighted by Gasteiger charge is 2.06. The molecule has 0 heterocycles. The van der Waals surface area contributed by atoms with Crippen molar-refractivity contribution in [2.45, 2.75) is 11.8 Å². The summed E-state index contributed by atoms with van der Waals surface area (Å²) in [7, 11) is 0. The maximum atomic E-state index is 12.0. The molecule has 0 saturated carbocycles. The van der Waals surface area contributed by atoms with Crippen molar-refractivity contribution in [2.75, 3.05) is 16.4 Å². The molecule has 0 fully saturated rings. The van der Waals surface area contributed by atoms with Crippen LogP contribution in [0.3, 0.4) is 0 Å². The van der Waals surface area contributed by atoms with Gasteiger partial charge in [-0.3, -0.25) is 9.59 Å². The van der Waals surface area contributed by atoms with Crippen LogP contribution >= 0.6 is 27.7 Å². The smallest absolute Gasteiger partial charge is 0.234 e. The molecule has 114 valence electrons. The van der Waals surface area contributed by atoms with Crippen molar-refractivity contribution < 1.29 is 9.59 Å². The van der Waals surface area contributed by atoms with E-state index in [9.17, 15) is 9.59 Å². The fourth-order valence-electron chi connectivity index (χ4n) is 1.76. The normalized spacial score (nSPS) is 10.1. The number of halogens is 1. The number of carbonyl (C=O) groups is 2. The number of hydrogen-bond donors (Lipinski definition) is 2. The molecular formula is C16H15BrN2O2S. The Bertz CT molecular complexity index is 691. The summed E-state index contributed by atoms with van der Waals surface area (Å²) in [4.78, 5) is 23.9. The summed E-state index contributed by atoms with van der Waals surface area (Å²) in [5.74, 6) is 0.0980. The SMILES string of the molecule is CC(=O)Nc1cccc(SCC(=O)Nc2ccccc2Br)c1. The molecule has 0 aromatic heterocycles. The van der Waals surface area contributed by atoms with Crippen molar-refractivity contribution in [1.29, 1.82) is 0 Å². The van der Waals surface area contributed by atoms with E-state index in [2.05, 4.69) is 26.6 Å². The standard InChI is InChI=1S/C16H15BrN2O2S/c1-11(20)18-12-5-4-6-13(9-12)22-10-16(21)19-15-8-3-2-7-14(15)17/h2-9H,10H2,1H3,(H,18,20)(H,19,21). The molecule has 2 amide bonds. The number of para-hydroxylation sites is 1. The summed E-state index contributed by atoms with van der Waals surface area (Å²) in [5.41, 5.74) is 1.48. The second-order valence-electron chi connectivity index (χ2n) is 4.53. The fraction of sp³-hybridized carbons (Fsp3) is 0.125. The fourth-order valence-corrected chi connectivity index (χ4v) is 2.90. The average molecular weight is 379 g/mol. The van der Waals surface area contributed by atoms with Crippen LogP contribution in [-0.2, 0) is 9.59 Å². The Morgan fingerprint density at radius 1 is 1.09 bits per heavy atom. The monoisotopic (exact) mass is 378 g/mol. The Morgan fingerprint density at radius 3 is 2.59 bits per heavy atom. The van der Waals surface area contributed by atoms with Gasteiger partial charge in [-0.1, -0.05) is 18.2 Å². The maximum Gasteiger partial charge on any atom is 0.234 e. The molecule has 2 aromatic rings. The molecule has 0 aliphatic rings. The molecule has 0 saturated heterocycles. The van der Waals surface area contributed by atoms with Crippen LogP contribution in [0.4, 0.5) is 11.4 Å². The first-order valence-corrected chi connectivity index (χ1v) is 8.37. The van der Waals surface area contributed by atoms with E-state index in [0.717, 1.165) is 20.7 Å². The van der Waals surface area contributed by atoms with E-state index in [1.165, 1.54) is 18.7 Å². The van der Waals surface area contributed by atoms with Crippen molar-refractivity contribution in [2.24, 2.45) is 0 Å². The third-order valence-electron chi connectivity index (χ3n) is 2.67. The lowest BCUT2D eigenvalue weighted by molar-refractivity contribution is -0.114. The zero-order valence-electron chi connectivity index (χ0n) is 11.9. The molecule has 0 atom stereocenters. The van der Waals surface area contributed by atoms with Crippen LogP contribution in [-0.4, -0.2) is 17.6 Å². The summed E-state index contributed by atoms with van der Waals surface area (Å²) < 4.78 is 0.848. The summed E-state index contributed by atoms with van der Waals surface area (Å²) >= 11 is 4.81. The van der Waals surface area contributed by atoms with E-state index in [0.29, 0.717) is 5.75 Å². The predicted octanol–water partition coefficient (Wildman–Crippen LogP) is 4.14. The minimum atomic E-state index is -0.117. The van der Waals surface area contributed by atoms with Crippen LogP contribution in [0.5, 0.6) is 0 Å². The number of hydrogen-bond acceptors (Lipinski definition) is 3. The lowest BCUT2D eigenvalue weighted by Gasteiger charge is -2.08. The lowest BCUT2D eigenvalue weighted by Crippen LogP contribution is -2.14. The van der Waals surface area contributed by atoms with Gasteiger partial charge >= 0.3 is 0 Å². The van der Waals surface area contributed by atoms with Crippen LogP contribution in [0, 0.1) is 0 Å². The molecule has 2 rings (SSSR count). The van der Waals surface area contributed by atoms with E-state index < -0.39 is 0 Å². The molecule has 0 radical (unpaired) electrons. The molecule has 2 aromatic carbocycles. The molecule has 22 heavy (non-hydrogen) atoms. The van der Waals surface area contributed by atoms with Crippen molar-refractivity contribution in [3.63, 3.8) is 0 Å². The van der Waals surface area contributed by atoms with Gasteiger partial charge in [0.2, 0.25) is 11.8 Å². The van der Waals surface area contributed by atoms with Gasteiger partial charge in [0.05, 0.1) is 11.4 Å². The minimum Gasteiger partial charge on any atom is -0.326 e. The lowest BCUT2D eigenvalue weighted by atomic mass is 10.3. The number of rotatable bonds is 5. The second-order valence-corrected chi connectivity index (χ2v) is 6.43. The van der Waals surface area contributed by atoms with Crippen molar-refractivity contribution >= 4 is 50.9 Å². The molecule has 0 aliphatic heterocycles. The second kappa shape index (κ2) is 8.00. The quantitative estimate of drug-likeness (QED) is 0.768. The van der Waals surface area contributed by atoms with Gasteiger partial charge in [-0.25, -0.2) is 0 Å². The van der Waals surface area contributed by atoms with Crippen molar-refractivity contribution in [3.8, 4) is 0 Å². The third kappa shape index (κ3) is 5.20. The van der Waals surface area contributed by atoms with Crippen LogP contribution in [0.15, 0.2) is 57.9 Å². The highest BCUT2D eigenvalue weighted by atomic mass is 79.9. The van der Waals surface area contributed by atoms with E-state index in [1.807, 2.05) is 48.5 Å². The number of benzene rings is 2. The van der Waals surface area contributed by atoms with Crippen molar-refractivity contribution in [3.05, 3.63) is 53.0 Å². The van der Waals surface area contributed by atoms with E-state index in [1.54, 1.807) is 0 Å². The third-order valence-corrected chi connectivity index (χ3v) is 4.36. The van der Waals surface area contributed by atoms with Gasteiger partial charge in [-0.05, 0) is 46.3 Å². The zero-order valence-corrected chi connectivity index (χ0v) is 14.3. The summed E-state index contributed by atoms with van der Waals surface area (Å²) in [6, 6.07) is 14.9. The first kappa shape index (κ1) is 16.6. The molecule has 0 unspecified atom stereocenters. The van der Waals surface area contributed by atoms with Gasteiger partial charge < -0.3 is 10.6 Å². The minimum absolute atomic E-state index is 0.0816. The zero-order chi connectivity index (χ0) is 15.9. The van der Waals surface area contributed by atoms with Crippen LogP contribution in [0.2, 0.25) is 0 Å². The average Bonchev–Trinajstić information content (AvgIpc) is 2.47. The Balaban J connectivity index is 1.91. The molecule has 0 aliphatic carbocycles. The van der Waals surface area contributed by atoms with Gasteiger partial charge in [0, 0.05) is 22.0 Å². The highest BCUT2D eigenvalue weighted by molar-refractivity contribution is 9.10. The number of nitrogens with one attached hydrogen (secondary N) is 2. The molecule has 0 bridgehead atoms. The number of carbonyl (C=O) groups excluding carboxylic acids is 2. The van der Waals surface area contributed by atoms with E-state index in [-0.39, 0.29) is 11.8 Å². The molecule has 0 spiro atoms. The highest BCUT2D eigenvalue weighted by Crippen LogP contribution is 2.24. The Morgan fingerprint density at radius 2 is 1.86 bits per heavy atom. The largest absolute Gasteiger partial charge is 0.326 e. The maximum absolute atomic E-state index is 12.0. The van der Waals surface area contributed by atoms with Gasteiger partial charge in [-0.2, -0.15) is 0 Å². The van der Waals surface area contributed by atoms with Crippen LogP contribution in [0.1, 0.15) is 6.92 Å². The molecule has 6 heteroatoms. The number of anilines is 2. The molecule has 2 N–H and O–H groups in total. The number of amides is 2.